The number of rotatable bonds is 3. The highest BCUT2D eigenvalue weighted by Crippen LogP contribution is 2.29. The third-order valence-corrected chi connectivity index (χ3v) is 6.37. The number of nitrogens with two attached hydrogens (primary N) is 1. The summed E-state index contributed by atoms with van der Waals surface area (Å²) >= 11 is 12.0. The van der Waals surface area contributed by atoms with Gasteiger partial charge in [-0.3, -0.25) is 14.6 Å². The third-order valence-electron chi connectivity index (χ3n) is 5.63. The lowest BCUT2D eigenvalue weighted by molar-refractivity contribution is -0.138. The highest BCUT2D eigenvalue weighted by Gasteiger charge is 2.40. The van der Waals surface area contributed by atoms with Crippen LogP contribution in [0, 0.1) is 0 Å². The van der Waals surface area contributed by atoms with E-state index in [0.717, 1.165) is 0 Å². The van der Waals surface area contributed by atoms with Crippen LogP contribution in [0.3, 0.4) is 0 Å². The van der Waals surface area contributed by atoms with Crippen molar-refractivity contribution in [2.75, 3.05) is 26.7 Å². The highest BCUT2D eigenvalue weighted by molar-refractivity contribution is 6.42. The van der Waals surface area contributed by atoms with Crippen LogP contribution in [0.4, 0.5) is 0 Å². The molecule has 2 aromatic rings. The molecule has 2 aliphatic rings. The molecule has 9 nitrogen and oxygen atoms in total. The molecule has 0 fully saturated rings. The molecule has 1 atom stereocenters. The number of benzene rings is 1. The molecule has 2 amide bonds. The number of aromatic nitrogens is 1. The fourth-order valence-corrected chi connectivity index (χ4v) is 4.14. The van der Waals surface area contributed by atoms with Gasteiger partial charge in [0, 0.05) is 55.4 Å². The minimum absolute atomic E-state index is 0.0163. The van der Waals surface area contributed by atoms with Crippen LogP contribution in [0.2, 0.25) is 10.0 Å². The summed E-state index contributed by atoms with van der Waals surface area (Å²) in [6.07, 6.45) is 1.79. The minimum Gasteiger partial charge on any atom is -0.402 e. The Bertz CT molecular complexity index is 1160. The summed E-state index contributed by atoms with van der Waals surface area (Å²) in [4.78, 5) is 31.5. The summed E-state index contributed by atoms with van der Waals surface area (Å²) in [5.41, 5.74) is 7.43. The van der Waals surface area contributed by atoms with Crippen molar-refractivity contribution in [2.45, 2.75) is 18.4 Å². The number of hydrogen-bond acceptors (Lipinski definition) is 7. The monoisotopic (exact) mass is 477 g/mol. The van der Waals surface area contributed by atoms with Crippen LogP contribution in [-0.4, -0.2) is 65.0 Å². The van der Waals surface area contributed by atoms with E-state index in [1.807, 2.05) is 0 Å². The van der Waals surface area contributed by atoms with E-state index in [0.29, 0.717) is 56.8 Å². The van der Waals surface area contributed by atoms with Crippen molar-refractivity contribution in [1.29, 1.82) is 0 Å². The van der Waals surface area contributed by atoms with Crippen molar-refractivity contribution in [3.63, 3.8) is 0 Å². The number of aliphatic imine (C=N–C) groups is 1. The van der Waals surface area contributed by atoms with Crippen LogP contribution < -0.4 is 11.1 Å². The van der Waals surface area contributed by atoms with Gasteiger partial charge in [-0.25, -0.2) is 0 Å². The number of likely N-dealkylation sites (N-methyl/N-ethyl adjacent to an activating group) is 1. The van der Waals surface area contributed by atoms with Gasteiger partial charge in [0.15, 0.2) is 5.60 Å². The lowest BCUT2D eigenvalue weighted by atomic mass is 9.93. The first-order valence-electron chi connectivity index (χ1n) is 9.88. The molecule has 4 rings (SSSR count). The topological polar surface area (TPSA) is 134 Å². The lowest BCUT2D eigenvalue weighted by Crippen LogP contribution is -2.49. The molecule has 0 radical (unpaired) electrons. The Hall–Kier alpha value is -2.88. The van der Waals surface area contributed by atoms with Crippen LogP contribution in [-0.2, 0) is 11.2 Å². The van der Waals surface area contributed by atoms with E-state index in [1.54, 1.807) is 17.0 Å². The maximum absolute atomic E-state index is 13.1. The molecule has 1 aromatic heterocycles. The fraction of sp³-hybridized carbons (Fsp3) is 0.333. The van der Waals surface area contributed by atoms with Crippen LogP contribution in [0.5, 0.6) is 0 Å². The maximum atomic E-state index is 13.1. The molecule has 11 heteroatoms. The van der Waals surface area contributed by atoms with Crippen LogP contribution in [0.15, 0.2) is 45.2 Å². The highest BCUT2D eigenvalue weighted by atomic mass is 35.5. The Labute approximate surface area is 193 Å². The van der Waals surface area contributed by atoms with Crippen molar-refractivity contribution in [1.82, 2.24) is 15.4 Å². The summed E-state index contributed by atoms with van der Waals surface area (Å²) in [6, 6.07) is 4.71. The first kappa shape index (κ1) is 22.3. The van der Waals surface area contributed by atoms with Gasteiger partial charge in [0.2, 0.25) is 0 Å². The van der Waals surface area contributed by atoms with Gasteiger partial charge in [0.25, 0.3) is 11.8 Å². The number of hydrogen-bond donors (Lipinski definition) is 3. The van der Waals surface area contributed by atoms with Crippen molar-refractivity contribution in [3.05, 3.63) is 62.6 Å². The zero-order chi connectivity index (χ0) is 23.0. The number of nitrogens with one attached hydrogen (secondary N) is 1. The Morgan fingerprint density at radius 1 is 1.31 bits per heavy atom. The molecule has 3 heterocycles. The van der Waals surface area contributed by atoms with Gasteiger partial charge >= 0.3 is 0 Å². The number of carbonyl (C=O) groups is 2. The number of amides is 2. The molecule has 1 aromatic carbocycles. The van der Waals surface area contributed by atoms with Gasteiger partial charge in [-0.15, -0.1) is 0 Å². The lowest BCUT2D eigenvalue weighted by Gasteiger charge is -2.30. The average Bonchev–Trinajstić information content (AvgIpc) is 3.17. The zero-order valence-electron chi connectivity index (χ0n) is 17.2. The largest absolute Gasteiger partial charge is 0.402 e. The predicted molar refractivity (Wildman–Crippen MR) is 119 cm³/mol. The van der Waals surface area contributed by atoms with Gasteiger partial charge in [0.1, 0.15) is 12.0 Å². The molecule has 2 aliphatic heterocycles. The first-order valence-corrected chi connectivity index (χ1v) is 10.6. The third kappa shape index (κ3) is 3.99. The second-order valence-electron chi connectivity index (χ2n) is 7.75. The molecule has 1 unspecified atom stereocenters. The Morgan fingerprint density at radius 3 is 2.81 bits per heavy atom. The Morgan fingerprint density at radius 2 is 2.09 bits per heavy atom. The van der Waals surface area contributed by atoms with Gasteiger partial charge in [-0.05, 0) is 18.2 Å². The average molecular weight is 478 g/mol. The second kappa shape index (κ2) is 8.57. The number of halogens is 2. The summed E-state index contributed by atoms with van der Waals surface area (Å²) < 4.78 is 5.11. The second-order valence-corrected chi connectivity index (χ2v) is 8.56. The van der Waals surface area contributed by atoms with E-state index in [1.165, 1.54) is 19.4 Å². The van der Waals surface area contributed by atoms with Gasteiger partial charge in [-0.1, -0.05) is 28.4 Å². The van der Waals surface area contributed by atoms with Crippen molar-refractivity contribution in [2.24, 2.45) is 10.7 Å². The molecule has 32 heavy (non-hydrogen) atoms. The van der Waals surface area contributed by atoms with Crippen LogP contribution in [0.25, 0.3) is 0 Å². The van der Waals surface area contributed by atoms with E-state index < -0.39 is 11.5 Å². The van der Waals surface area contributed by atoms with Crippen LogP contribution >= 0.6 is 23.2 Å². The molecule has 0 saturated heterocycles. The van der Waals surface area contributed by atoms with E-state index in [9.17, 15) is 14.7 Å². The van der Waals surface area contributed by atoms with Crippen molar-refractivity contribution >= 4 is 40.7 Å². The van der Waals surface area contributed by atoms with E-state index >= 15 is 0 Å². The van der Waals surface area contributed by atoms with E-state index in [4.69, 9.17) is 33.5 Å². The first-order chi connectivity index (χ1) is 15.2. The smallest absolute Gasteiger partial charge is 0.254 e. The number of carbonyl (C=O) groups excluding carboxylic acids is 2. The molecular formula is C21H21Cl2N5O4. The zero-order valence-corrected chi connectivity index (χ0v) is 18.7. The maximum Gasteiger partial charge on any atom is 0.254 e. The van der Waals surface area contributed by atoms with Gasteiger partial charge in [0.05, 0.1) is 22.3 Å². The quantitative estimate of drug-likeness (QED) is 0.613. The predicted octanol–water partition coefficient (Wildman–Crippen LogP) is 1.56. The van der Waals surface area contributed by atoms with Gasteiger partial charge in [-0.2, -0.15) is 0 Å². The fourth-order valence-electron chi connectivity index (χ4n) is 3.85. The Balaban J connectivity index is 1.67. The number of nitrogens with zero attached hydrogens (tertiary/aromatic N) is 3. The van der Waals surface area contributed by atoms with Crippen molar-refractivity contribution in [3.8, 4) is 0 Å². The minimum atomic E-state index is -1.75. The normalized spacial score (nSPS) is 21.0. The number of fused-ring (bicyclic) bond motifs is 1. The standard InChI is InChI=1S/C21H21Cl2N5O4/c1-25-20(30)21(31)7-12-9-32-27-17(12)18(26-10-21)13-8-28(5-4-16(13)24)19(29)11-2-3-14(22)15(23)6-11/h2-3,6,9,31H,4-5,7-8,10,24H2,1H3,(H,25,30). The number of aliphatic hydroxyl groups is 1. The summed E-state index contributed by atoms with van der Waals surface area (Å²) in [6.45, 7) is 0.403. The van der Waals surface area contributed by atoms with E-state index in [2.05, 4.69) is 15.5 Å². The molecule has 4 N–H and O–H groups in total. The van der Waals surface area contributed by atoms with Crippen molar-refractivity contribution < 1.29 is 19.2 Å². The molecule has 0 spiro atoms. The summed E-state index contributed by atoms with van der Waals surface area (Å²) in [7, 11) is 1.44. The van der Waals surface area contributed by atoms with E-state index in [-0.39, 0.29) is 25.4 Å². The van der Waals surface area contributed by atoms with Crippen LogP contribution in [0.1, 0.15) is 28.0 Å². The molecule has 168 valence electrons. The molecule has 0 aliphatic carbocycles. The molecule has 0 bridgehead atoms. The Kier molecular flexibility index (Phi) is 5.98. The summed E-state index contributed by atoms with van der Waals surface area (Å²) in [5.74, 6) is -0.790. The molecular weight excluding hydrogens is 457 g/mol. The van der Waals surface area contributed by atoms with Gasteiger partial charge < -0.3 is 25.6 Å². The summed E-state index contributed by atoms with van der Waals surface area (Å²) in [5, 5.41) is 18.0. The molecule has 0 saturated carbocycles. The SMILES string of the molecule is CNC(=O)C1(O)CN=C(C2=C(N)CCN(C(=O)c3ccc(Cl)c(Cl)c3)C2)c2nocc2C1.